The lowest BCUT2D eigenvalue weighted by atomic mass is 9.92. The van der Waals surface area contributed by atoms with Gasteiger partial charge in [0, 0.05) is 18.9 Å². The van der Waals surface area contributed by atoms with E-state index in [0.29, 0.717) is 18.4 Å². The SMILES string of the molecule is CC(CNC(=O)C1CC2C=CC1C2)CC(=O)O. The standard InChI is InChI=1S/C13H19NO3/c1-8(4-12(15)16)7-14-13(17)11-6-9-2-3-10(11)5-9/h2-3,8-11H,4-7H2,1H3,(H,14,17)(H,15,16). The summed E-state index contributed by atoms with van der Waals surface area (Å²) in [6, 6.07) is 0. The van der Waals surface area contributed by atoms with Gasteiger partial charge in [-0.25, -0.2) is 0 Å². The van der Waals surface area contributed by atoms with Crippen molar-refractivity contribution in [3.05, 3.63) is 12.2 Å². The minimum atomic E-state index is -0.811. The molecule has 0 aromatic carbocycles. The third-order valence-corrected chi connectivity index (χ3v) is 3.76. The zero-order valence-corrected chi connectivity index (χ0v) is 10.1. The summed E-state index contributed by atoms with van der Waals surface area (Å²) in [4.78, 5) is 22.4. The van der Waals surface area contributed by atoms with Crippen molar-refractivity contribution < 1.29 is 14.7 Å². The van der Waals surface area contributed by atoms with Gasteiger partial charge in [-0.2, -0.15) is 0 Å². The Hall–Kier alpha value is -1.32. The van der Waals surface area contributed by atoms with Crippen LogP contribution in [0.1, 0.15) is 26.2 Å². The van der Waals surface area contributed by atoms with Gasteiger partial charge in [0.1, 0.15) is 0 Å². The van der Waals surface area contributed by atoms with Gasteiger partial charge in [-0.15, -0.1) is 0 Å². The van der Waals surface area contributed by atoms with Crippen molar-refractivity contribution in [1.29, 1.82) is 0 Å². The Balaban J connectivity index is 1.75. The molecule has 1 amide bonds. The van der Waals surface area contributed by atoms with Gasteiger partial charge in [0.2, 0.25) is 5.91 Å². The molecule has 94 valence electrons. The topological polar surface area (TPSA) is 66.4 Å². The van der Waals surface area contributed by atoms with E-state index in [4.69, 9.17) is 5.11 Å². The summed E-state index contributed by atoms with van der Waals surface area (Å²) < 4.78 is 0. The highest BCUT2D eigenvalue weighted by atomic mass is 16.4. The summed E-state index contributed by atoms with van der Waals surface area (Å²) in [5.41, 5.74) is 0. The first-order chi connectivity index (χ1) is 8.06. The van der Waals surface area contributed by atoms with Gasteiger partial charge in [0.05, 0.1) is 0 Å². The van der Waals surface area contributed by atoms with E-state index in [9.17, 15) is 9.59 Å². The van der Waals surface area contributed by atoms with Crippen LogP contribution in [0.15, 0.2) is 12.2 Å². The number of nitrogens with one attached hydrogen (secondary N) is 1. The van der Waals surface area contributed by atoms with Crippen molar-refractivity contribution in [2.45, 2.75) is 26.2 Å². The molecule has 4 unspecified atom stereocenters. The quantitative estimate of drug-likeness (QED) is 0.711. The van der Waals surface area contributed by atoms with Crippen LogP contribution in [0.5, 0.6) is 0 Å². The molecule has 1 saturated carbocycles. The molecule has 0 spiro atoms. The number of aliphatic carboxylic acids is 1. The van der Waals surface area contributed by atoms with Gasteiger partial charge >= 0.3 is 5.97 Å². The second kappa shape index (κ2) is 4.90. The van der Waals surface area contributed by atoms with E-state index < -0.39 is 5.97 Å². The molecule has 2 N–H and O–H groups in total. The fourth-order valence-electron chi connectivity index (χ4n) is 2.86. The molecular weight excluding hydrogens is 218 g/mol. The predicted molar refractivity (Wildman–Crippen MR) is 63.3 cm³/mol. The smallest absolute Gasteiger partial charge is 0.303 e. The summed E-state index contributed by atoms with van der Waals surface area (Å²) in [6.07, 6.45) is 6.54. The zero-order chi connectivity index (χ0) is 12.4. The fraction of sp³-hybridized carbons (Fsp3) is 0.692. The average molecular weight is 237 g/mol. The minimum Gasteiger partial charge on any atom is -0.481 e. The Morgan fingerprint density at radius 2 is 2.18 bits per heavy atom. The molecule has 2 aliphatic rings. The molecule has 0 heterocycles. The highest BCUT2D eigenvalue weighted by Gasteiger charge is 2.39. The number of hydrogen-bond acceptors (Lipinski definition) is 2. The van der Waals surface area contributed by atoms with Crippen molar-refractivity contribution in [3.8, 4) is 0 Å². The third kappa shape index (κ3) is 2.87. The Kier molecular flexibility index (Phi) is 3.50. The van der Waals surface area contributed by atoms with Crippen LogP contribution in [0, 0.1) is 23.7 Å². The van der Waals surface area contributed by atoms with Crippen LogP contribution >= 0.6 is 0 Å². The summed E-state index contributed by atoms with van der Waals surface area (Å²) in [5, 5.41) is 11.5. The molecule has 1 fully saturated rings. The molecule has 0 aromatic rings. The van der Waals surface area contributed by atoms with Crippen molar-refractivity contribution in [2.75, 3.05) is 6.54 Å². The molecule has 4 heteroatoms. The molecule has 0 radical (unpaired) electrons. The Bertz CT molecular complexity index is 351. The molecule has 0 aromatic heterocycles. The number of carbonyl (C=O) groups excluding carboxylic acids is 1. The predicted octanol–water partition coefficient (Wildman–Crippen LogP) is 1.43. The van der Waals surface area contributed by atoms with Gasteiger partial charge in [-0.05, 0) is 30.6 Å². The molecule has 2 rings (SSSR count). The Morgan fingerprint density at radius 1 is 1.41 bits per heavy atom. The maximum atomic E-state index is 11.9. The van der Waals surface area contributed by atoms with Gasteiger partial charge in [-0.3, -0.25) is 9.59 Å². The van der Waals surface area contributed by atoms with Gasteiger partial charge in [-0.1, -0.05) is 19.1 Å². The van der Waals surface area contributed by atoms with E-state index in [2.05, 4.69) is 17.5 Å². The van der Waals surface area contributed by atoms with E-state index >= 15 is 0 Å². The third-order valence-electron chi connectivity index (χ3n) is 3.76. The first kappa shape index (κ1) is 12.1. The second-order valence-corrected chi connectivity index (χ2v) is 5.33. The number of fused-ring (bicyclic) bond motifs is 2. The normalized spacial score (nSPS) is 31.5. The zero-order valence-electron chi connectivity index (χ0n) is 10.1. The maximum absolute atomic E-state index is 11.9. The molecule has 4 nitrogen and oxygen atoms in total. The largest absolute Gasteiger partial charge is 0.481 e. The molecule has 0 aliphatic heterocycles. The van der Waals surface area contributed by atoms with Crippen molar-refractivity contribution in [2.24, 2.45) is 23.7 Å². The summed E-state index contributed by atoms with van der Waals surface area (Å²) in [6.45, 7) is 2.30. The van der Waals surface area contributed by atoms with Crippen LogP contribution in [0.3, 0.4) is 0 Å². The first-order valence-corrected chi connectivity index (χ1v) is 6.24. The highest BCUT2D eigenvalue weighted by Crippen LogP contribution is 2.43. The molecule has 2 aliphatic carbocycles. The average Bonchev–Trinajstić information content (AvgIpc) is 2.86. The molecular formula is C13H19NO3. The number of carboxylic acids is 1. The number of hydrogen-bond donors (Lipinski definition) is 2. The molecule has 0 saturated heterocycles. The Morgan fingerprint density at radius 3 is 2.71 bits per heavy atom. The highest BCUT2D eigenvalue weighted by molar-refractivity contribution is 5.80. The number of rotatable bonds is 5. The summed E-state index contributed by atoms with van der Waals surface area (Å²) in [5.74, 6) is 0.392. The van der Waals surface area contributed by atoms with Crippen LogP contribution in [0.4, 0.5) is 0 Å². The first-order valence-electron chi connectivity index (χ1n) is 6.24. The number of carboxylic acid groups (broad SMARTS) is 1. The van der Waals surface area contributed by atoms with Crippen molar-refractivity contribution >= 4 is 11.9 Å². The Labute approximate surface area is 101 Å². The lowest BCUT2D eigenvalue weighted by molar-refractivity contribution is -0.138. The fourth-order valence-corrected chi connectivity index (χ4v) is 2.86. The van der Waals surface area contributed by atoms with Gasteiger partial charge in [0.25, 0.3) is 0 Å². The van der Waals surface area contributed by atoms with Gasteiger partial charge in [0.15, 0.2) is 0 Å². The van der Waals surface area contributed by atoms with E-state index in [1.807, 2.05) is 6.92 Å². The summed E-state index contributed by atoms with van der Waals surface area (Å²) >= 11 is 0. The second-order valence-electron chi connectivity index (χ2n) is 5.33. The van der Waals surface area contributed by atoms with Crippen LogP contribution in [0.2, 0.25) is 0 Å². The lowest BCUT2D eigenvalue weighted by Crippen LogP contribution is -2.35. The van der Waals surface area contributed by atoms with Crippen LogP contribution in [-0.2, 0) is 9.59 Å². The summed E-state index contributed by atoms with van der Waals surface area (Å²) in [7, 11) is 0. The molecule has 4 atom stereocenters. The van der Waals surface area contributed by atoms with E-state index in [1.54, 1.807) is 0 Å². The minimum absolute atomic E-state index is 0.00872. The van der Waals surface area contributed by atoms with Crippen molar-refractivity contribution in [3.63, 3.8) is 0 Å². The molecule has 2 bridgehead atoms. The van der Waals surface area contributed by atoms with Crippen molar-refractivity contribution in [1.82, 2.24) is 5.32 Å². The van der Waals surface area contributed by atoms with E-state index in [1.165, 1.54) is 0 Å². The molecule has 17 heavy (non-hydrogen) atoms. The monoisotopic (exact) mass is 237 g/mol. The maximum Gasteiger partial charge on any atom is 0.303 e. The van der Waals surface area contributed by atoms with E-state index in [0.717, 1.165) is 12.8 Å². The lowest BCUT2D eigenvalue weighted by Gasteiger charge is -2.18. The van der Waals surface area contributed by atoms with Crippen LogP contribution in [0.25, 0.3) is 0 Å². The number of allylic oxidation sites excluding steroid dienone is 2. The number of carbonyl (C=O) groups is 2. The number of amides is 1. The van der Waals surface area contributed by atoms with Crippen LogP contribution in [-0.4, -0.2) is 23.5 Å². The van der Waals surface area contributed by atoms with Gasteiger partial charge < -0.3 is 10.4 Å². The van der Waals surface area contributed by atoms with Crippen LogP contribution < -0.4 is 5.32 Å². The van der Waals surface area contributed by atoms with E-state index in [-0.39, 0.29) is 24.2 Å².